The van der Waals surface area contributed by atoms with Crippen LogP contribution in [-0.2, 0) is 11.0 Å². The molecular weight excluding hydrogens is 489 g/mol. The maximum absolute atomic E-state index is 13.6. The molecule has 0 bridgehead atoms. The van der Waals surface area contributed by atoms with E-state index in [0.717, 1.165) is 21.7 Å². The van der Waals surface area contributed by atoms with Gasteiger partial charge in [-0.3, -0.25) is 15.1 Å². The van der Waals surface area contributed by atoms with Crippen LogP contribution in [-0.4, -0.2) is 51.2 Å². The number of aryl methyl sites for hydroxylation is 1. The number of aromatic nitrogens is 3. The van der Waals surface area contributed by atoms with Crippen molar-refractivity contribution in [1.82, 2.24) is 25.0 Å². The number of urea groups is 1. The first-order chi connectivity index (χ1) is 17.6. The highest BCUT2D eigenvalue weighted by Gasteiger charge is 2.40. The molecule has 1 atom stereocenters. The molecule has 12 heteroatoms. The van der Waals surface area contributed by atoms with Gasteiger partial charge in [-0.05, 0) is 50.6 Å². The number of anilines is 1. The molecule has 194 valence electrons. The van der Waals surface area contributed by atoms with Gasteiger partial charge in [-0.15, -0.1) is 0 Å². The highest BCUT2D eigenvalue weighted by Crippen LogP contribution is 2.38. The summed E-state index contributed by atoms with van der Waals surface area (Å²) in [6.07, 6.45) is 1.79. The van der Waals surface area contributed by atoms with Crippen molar-refractivity contribution in [2.45, 2.75) is 32.5 Å². The summed E-state index contributed by atoms with van der Waals surface area (Å²) in [4.78, 5) is 35.3. The number of carbonyl (C=O) groups is 2. The molecule has 37 heavy (non-hydrogen) atoms. The van der Waals surface area contributed by atoms with Crippen molar-refractivity contribution in [2.75, 3.05) is 18.6 Å². The van der Waals surface area contributed by atoms with Crippen LogP contribution < -0.4 is 15.1 Å². The predicted octanol–water partition coefficient (Wildman–Crippen LogP) is 4.37. The van der Waals surface area contributed by atoms with Gasteiger partial charge in [-0.25, -0.2) is 19.8 Å². The third-order valence-corrected chi connectivity index (χ3v) is 5.81. The predicted molar refractivity (Wildman–Crippen MR) is 130 cm³/mol. The first-order valence-corrected chi connectivity index (χ1v) is 11.4. The number of hydrogen-bond donors (Lipinski definition) is 1. The molecule has 1 unspecified atom stereocenters. The minimum atomic E-state index is -4.63. The molecule has 0 aliphatic carbocycles. The van der Waals surface area contributed by atoms with Gasteiger partial charge in [0.1, 0.15) is 5.69 Å². The zero-order valence-electron chi connectivity index (χ0n) is 20.4. The summed E-state index contributed by atoms with van der Waals surface area (Å²) in [5.74, 6) is -0.318. The average molecular weight is 515 g/mol. The lowest BCUT2D eigenvalue weighted by Gasteiger charge is -2.40. The number of methoxy groups -OCH3 is 1. The van der Waals surface area contributed by atoms with Gasteiger partial charge in [0.15, 0.2) is 0 Å². The van der Waals surface area contributed by atoms with E-state index in [2.05, 4.69) is 15.4 Å². The van der Waals surface area contributed by atoms with E-state index in [1.54, 1.807) is 30.0 Å². The lowest BCUT2D eigenvalue weighted by Crippen LogP contribution is -2.59. The molecule has 2 aromatic heterocycles. The quantitative estimate of drug-likeness (QED) is 0.494. The van der Waals surface area contributed by atoms with Crippen LogP contribution in [0.4, 0.5) is 23.7 Å². The molecular formula is C25H25F3N6O3. The number of rotatable bonds is 6. The largest absolute Gasteiger partial charge is 0.479 e. The first-order valence-electron chi connectivity index (χ1n) is 11.4. The Bertz CT molecular complexity index is 1340. The van der Waals surface area contributed by atoms with Crippen LogP contribution in [0.5, 0.6) is 5.88 Å². The van der Waals surface area contributed by atoms with E-state index in [1.165, 1.54) is 37.5 Å². The Labute approximate surface area is 211 Å². The highest BCUT2D eigenvalue weighted by molar-refractivity contribution is 5.97. The molecule has 0 saturated carbocycles. The van der Waals surface area contributed by atoms with Gasteiger partial charge in [0.05, 0.1) is 36.1 Å². The number of halogens is 3. The number of alkyl halides is 3. The van der Waals surface area contributed by atoms with Crippen LogP contribution in [0, 0.1) is 6.92 Å². The second-order valence-corrected chi connectivity index (χ2v) is 8.45. The van der Waals surface area contributed by atoms with Crippen LogP contribution >= 0.6 is 0 Å². The summed E-state index contributed by atoms with van der Waals surface area (Å²) in [5.41, 5.74) is 3.18. The number of benzene rings is 1. The summed E-state index contributed by atoms with van der Waals surface area (Å²) in [6, 6.07) is 7.07. The van der Waals surface area contributed by atoms with E-state index in [-0.39, 0.29) is 12.2 Å². The number of carbonyl (C=O) groups excluding carboxylic acids is 2. The fraction of sp³-hybridized carbons (Fsp3) is 0.280. The number of para-hydroxylation sites is 1. The van der Waals surface area contributed by atoms with E-state index in [0.29, 0.717) is 23.7 Å². The number of amides is 3. The molecule has 0 spiro atoms. The minimum absolute atomic E-state index is 0.148. The van der Waals surface area contributed by atoms with Crippen molar-refractivity contribution in [1.29, 1.82) is 0 Å². The summed E-state index contributed by atoms with van der Waals surface area (Å²) in [6.45, 7) is 3.67. The number of pyridine rings is 1. The minimum Gasteiger partial charge on any atom is -0.479 e. The number of hydrogen-bond acceptors (Lipinski definition) is 5. The van der Waals surface area contributed by atoms with E-state index in [1.807, 2.05) is 13.1 Å². The molecule has 1 aliphatic heterocycles. The normalized spacial score (nSPS) is 16.4. The van der Waals surface area contributed by atoms with E-state index >= 15 is 0 Å². The van der Waals surface area contributed by atoms with Crippen LogP contribution in [0.1, 0.15) is 30.3 Å². The van der Waals surface area contributed by atoms with Crippen LogP contribution in [0.2, 0.25) is 0 Å². The standard InChI is InChI=1S/C25H25F3N6O3/c1-16-14-32(15-29-16)21-10-8-18(30-23(21)37-3)9-11-22(35)31-33-13-12-17(2)34(24(33)36)20-7-5-4-6-19(20)25(26,27)28/h4-11,14-15,17H,12-13H2,1-3H3,(H,31,35)/b11-9+. The molecule has 1 aromatic carbocycles. The number of nitrogens with one attached hydrogen (secondary N) is 1. The van der Waals surface area contributed by atoms with Crippen molar-refractivity contribution in [3.05, 3.63) is 71.9 Å². The monoisotopic (exact) mass is 514 g/mol. The lowest BCUT2D eigenvalue weighted by molar-refractivity contribution is -0.137. The Morgan fingerprint density at radius 3 is 2.62 bits per heavy atom. The number of nitrogens with zero attached hydrogens (tertiary/aromatic N) is 5. The molecule has 3 heterocycles. The van der Waals surface area contributed by atoms with Crippen LogP contribution in [0.3, 0.4) is 0 Å². The fourth-order valence-electron chi connectivity index (χ4n) is 4.00. The van der Waals surface area contributed by atoms with Gasteiger partial charge in [-0.2, -0.15) is 13.2 Å². The number of imidazole rings is 1. The second kappa shape index (κ2) is 10.3. The average Bonchev–Trinajstić information content (AvgIpc) is 3.30. The Morgan fingerprint density at radius 1 is 1.19 bits per heavy atom. The molecule has 1 fully saturated rings. The third kappa shape index (κ3) is 5.57. The molecule has 9 nitrogen and oxygen atoms in total. The van der Waals surface area contributed by atoms with Crippen molar-refractivity contribution >= 4 is 23.7 Å². The Balaban J connectivity index is 1.48. The van der Waals surface area contributed by atoms with Crippen molar-refractivity contribution in [2.24, 2.45) is 0 Å². The number of ether oxygens (including phenoxy) is 1. The van der Waals surface area contributed by atoms with Gasteiger partial charge in [-0.1, -0.05) is 12.1 Å². The summed E-state index contributed by atoms with van der Waals surface area (Å²) in [5, 5.41) is 1.01. The van der Waals surface area contributed by atoms with E-state index < -0.39 is 29.7 Å². The van der Waals surface area contributed by atoms with Gasteiger partial charge >= 0.3 is 12.2 Å². The van der Waals surface area contributed by atoms with Crippen molar-refractivity contribution in [3.8, 4) is 11.6 Å². The summed E-state index contributed by atoms with van der Waals surface area (Å²) in [7, 11) is 1.47. The molecule has 4 rings (SSSR count). The van der Waals surface area contributed by atoms with E-state index in [4.69, 9.17) is 4.74 Å². The fourth-order valence-corrected chi connectivity index (χ4v) is 4.00. The maximum atomic E-state index is 13.6. The molecule has 1 N–H and O–H groups in total. The molecule has 3 aromatic rings. The smallest absolute Gasteiger partial charge is 0.418 e. The Kier molecular flexibility index (Phi) is 7.18. The van der Waals surface area contributed by atoms with Crippen molar-refractivity contribution in [3.63, 3.8) is 0 Å². The lowest BCUT2D eigenvalue weighted by atomic mass is 10.1. The second-order valence-electron chi connectivity index (χ2n) is 8.45. The first kappa shape index (κ1) is 25.7. The Hall–Kier alpha value is -4.35. The zero-order chi connectivity index (χ0) is 26.7. The topological polar surface area (TPSA) is 92.6 Å². The Morgan fingerprint density at radius 2 is 1.95 bits per heavy atom. The highest BCUT2D eigenvalue weighted by atomic mass is 19.4. The summed E-state index contributed by atoms with van der Waals surface area (Å²) < 4.78 is 47.8. The molecule has 3 amide bonds. The van der Waals surface area contributed by atoms with Gasteiger partial charge in [0.2, 0.25) is 5.88 Å². The van der Waals surface area contributed by atoms with E-state index in [9.17, 15) is 22.8 Å². The number of hydrazine groups is 1. The van der Waals surface area contributed by atoms with Crippen LogP contribution in [0.15, 0.2) is 55.0 Å². The maximum Gasteiger partial charge on any atom is 0.418 e. The van der Waals surface area contributed by atoms with Gasteiger partial charge in [0, 0.05) is 24.9 Å². The zero-order valence-corrected chi connectivity index (χ0v) is 20.4. The third-order valence-electron chi connectivity index (χ3n) is 5.81. The van der Waals surface area contributed by atoms with Gasteiger partial charge < -0.3 is 9.30 Å². The SMILES string of the molecule is COc1nc(/C=C/C(=O)NN2CCC(C)N(c3ccccc3C(F)(F)F)C2=O)ccc1-n1cnc(C)c1. The van der Waals surface area contributed by atoms with Gasteiger partial charge in [0.25, 0.3) is 5.91 Å². The molecule has 1 saturated heterocycles. The molecule has 1 aliphatic rings. The van der Waals surface area contributed by atoms with Crippen LogP contribution in [0.25, 0.3) is 11.8 Å². The molecule has 0 radical (unpaired) electrons. The van der Waals surface area contributed by atoms with Crippen molar-refractivity contribution < 1.29 is 27.5 Å². The summed E-state index contributed by atoms with van der Waals surface area (Å²) >= 11 is 0.